The average molecular weight is 328 g/mol. The Kier molecular flexibility index (Phi) is 4.12. The molecule has 2 aliphatic heterocycles. The molecule has 1 saturated heterocycles. The maximum Gasteiger partial charge on any atom is 0.257 e. The van der Waals surface area contributed by atoms with Crippen molar-refractivity contribution in [2.75, 3.05) is 13.1 Å². The number of piperidine rings is 1. The summed E-state index contributed by atoms with van der Waals surface area (Å²) in [4.78, 5) is 14.7. The Hall–Kier alpha value is -2.11. The van der Waals surface area contributed by atoms with Crippen molar-refractivity contribution in [3.8, 4) is 0 Å². The third-order valence-electron chi connectivity index (χ3n) is 5.30. The number of hydrogen-bond acceptors (Lipinski definition) is 4. The molecule has 1 fully saturated rings. The van der Waals surface area contributed by atoms with E-state index in [1.807, 2.05) is 11.8 Å². The lowest BCUT2D eigenvalue weighted by Gasteiger charge is -2.32. The number of carbonyl (C=O) groups excluding carboxylic acids is 1. The summed E-state index contributed by atoms with van der Waals surface area (Å²) in [5, 5.41) is 8.91. The lowest BCUT2D eigenvalue weighted by molar-refractivity contribution is 0.0701. The smallest absolute Gasteiger partial charge is 0.257 e. The standard InChI is InChI=1S/C18H24N4O2/c1-13-15(8-11-24-13)18(23)21-9-5-6-14(12-21)17-20-19-16-7-3-2-4-10-22(16)17/h8,11,14H,2-7,9-10,12H2,1H3/t14-/m0/s1. The Bertz CT molecular complexity index is 733. The van der Waals surface area contributed by atoms with E-state index in [4.69, 9.17) is 4.42 Å². The van der Waals surface area contributed by atoms with Crippen LogP contribution in [0.3, 0.4) is 0 Å². The normalized spacial score (nSPS) is 21.4. The molecular formula is C18H24N4O2. The van der Waals surface area contributed by atoms with Crippen molar-refractivity contribution in [2.24, 2.45) is 0 Å². The number of amides is 1. The van der Waals surface area contributed by atoms with Crippen LogP contribution in [0.15, 0.2) is 16.7 Å². The van der Waals surface area contributed by atoms with Gasteiger partial charge in [-0.05, 0) is 38.7 Å². The number of likely N-dealkylation sites (tertiary alicyclic amines) is 1. The van der Waals surface area contributed by atoms with Gasteiger partial charge in [-0.2, -0.15) is 0 Å². The molecule has 4 heterocycles. The predicted octanol–water partition coefficient (Wildman–Crippen LogP) is 2.93. The summed E-state index contributed by atoms with van der Waals surface area (Å²) in [6.45, 7) is 4.39. The summed E-state index contributed by atoms with van der Waals surface area (Å²) in [6, 6.07) is 1.77. The van der Waals surface area contributed by atoms with E-state index in [2.05, 4.69) is 14.8 Å². The van der Waals surface area contributed by atoms with Crippen molar-refractivity contribution < 1.29 is 9.21 Å². The lowest BCUT2D eigenvalue weighted by Crippen LogP contribution is -2.40. The monoisotopic (exact) mass is 328 g/mol. The van der Waals surface area contributed by atoms with Gasteiger partial charge in [0.05, 0.1) is 11.8 Å². The second-order valence-electron chi connectivity index (χ2n) is 6.92. The zero-order valence-corrected chi connectivity index (χ0v) is 14.2. The van der Waals surface area contributed by atoms with Crippen LogP contribution in [0.4, 0.5) is 0 Å². The first-order valence-electron chi connectivity index (χ1n) is 8.99. The Morgan fingerprint density at radius 3 is 2.96 bits per heavy atom. The highest BCUT2D eigenvalue weighted by molar-refractivity contribution is 5.95. The van der Waals surface area contributed by atoms with Crippen LogP contribution in [-0.4, -0.2) is 38.7 Å². The maximum atomic E-state index is 12.8. The van der Waals surface area contributed by atoms with Crippen LogP contribution in [0.25, 0.3) is 0 Å². The molecule has 128 valence electrons. The van der Waals surface area contributed by atoms with Crippen molar-refractivity contribution in [1.29, 1.82) is 0 Å². The summed E-state index contributed by atoms with van der Waals surface area (Å²) in [5.41, 5.74) is 0.677. The summed E-state index contributed by atoms with van der Waals surface area (Å²) in [6.07, 6.45) is 8.35. The van der Waals surface area contributed by atoms with E-state index < -0.39 is 0 Å². The summed E-state index contributed by atoms with van der Waals surface area (Å²) < 4.78 is 7.60. The molecule has 6 nitrogen and oxygen atoms in total. The van der Waals surface area contributed by atoms with Gasteiger partial charge in [-0.25, -0.2) is 0 Å². The van der Waals surface area contributed by atoms with Crippen molar-refractivity contribution in [3.63, 3.8) is 0 Å². The van der Waals surface area contributed by atoms with Crippen LogP contribution in [0.5, 0.6) is 0 Å². The first kappa shape index (κ1) is 15.4. The molecule has 0 N–H and O–H groups in total. The molecule has 0 aromatic carbocycles. The molecule has 0 spiro atoms. The van der Waals surface area contributed by atoms with E-state index >= 15 is 0 Å². The fraction of sp³-hybridized carbons (Fsp3) is 0.611. The Labute approximate surface area is 141 Å². The fourth-order valence-corrected chi connectivity index (χ4v) is 3.96. The molecule has 0 aliphatic carbocycles. The molecule has 2 aliphatic rings. The summed E-state index contributed by atoms with van der Waals surface area (Å²) >= 11 is 0. The number of rotatable bonds is 2. The van der Waals surface area contributed by atoms with E-state index in [9.17, 15) is 4.79 Å². The third kappa shape index (κ3) is 2.74. The molecule has 6 heteroatoms. The van der Waals surface area contributed by atoms with Crippen molar-refractivity contribution in [3.05, 3.63) is 35.3 Å². The highest BCUT2D eigenvalue weighted by Crippen LogP contribution is 2.29. The van der Waals surface area contributed by atoms with Gasteiger partial charge in [0.2, 0.25) is 0 Å². The largest absolute Gasteiger partial charge is 0.469 e. The number of carbonyl (C=O) groups is 1. The van der Waals surface area contributed by atoms with Gasteiger partial charge in [0.1, 0.15) is 17.4 Å². The SMILES string of the molecule is Cc1occc1C(=O)N1CCC[C@H](c2nnc3n2CCCCC3)C1. The van der Waals surface area contributed by atoms with E-state index in [0.717, 1.165) is 50.5 Å². The van der Waals surface area contributed by atoms with E-state index in [1.54, 1.807) is 12.3 Å². The summed E-state index contributed by atoms with van der Waals surface area (Å²) in [7, 11) is 0. The highest BCUT2D eigenvalue weighted by Gasteiger charge is 2.30. The van der Waals surface area contributed by atoms with Gasteiger partial charge >= 0.3 is 0 Å². The molecule has 4 rings (SSSR count). The maximum absolute atomic E-state index is 12.8. The van der Waals surface area contributed by atoms with Crippen LogP contribution >= 0.6 is 0 Å². The van der Waals surface area contributed by atoms with Crippen LogP contribution in [0.2, 0.25) is 0 Å². The van der Waals surface area contributed by atoms with Gasteiger partial charge < -0.3 is 13.9 Å². The van der Waals surface area contributed by atoms with E-state index in [0.29, 0.717) is 11.3 Å². The first-order chi connectivity index (χ1) is 11.7. The molecule has 0 unspecified atom stereocenters. The minimum atomic E-state index is 0.0709. The lowest BCUT2D eigenvalue weighted by atomic mass is 9.96. The van der Waals surface area contributed by atoms with Gasteiger partial charge in [0.25, 0.3) is 5.91 Å². The zero-order chi connectivity index (χ0) is 16.5. The number of fused-ring (bicyclic) bond motifs is 1. The molecular weight excluding hydrogens is 304 g/mol. The van der Waals surface area contributed by atoms with Gasteiger partial charge in [0.15, 0.2) is 0 Å². The molecule has 24 heavy (non-hydrogen) atoms. The average Bonchev–Trinajstić information content (AvgIpc) is 3.14. The van der Waals surface area contributed by atoms with Crippen molar-refractivity contribution in [1.82, 2.24) is 19.7 Å². The second-order valence-corrected chi connectivity index (χ2v) is 6.92. The third-order valence-corrected chi connectivity index (χ3v) is 5.30. The molecule has 1 amide bonds. The number of furan rings is 1. The van der Waals surface area contributed by atoms with Crippen molar-refractivity contribution >= 4 is 5.91 Å². The van der Waals surface area contributed by atoms with Crippen LogP contribution in [0.1, 0.15) is 65.8 Å². The van der Waals surface area contributed by atoms with Gasteiger partial charge in [0, 0.05) is 32.0 Å². The molecule has 2 aromatic rings. The van der Waals surface area contributed by atoms with Gasteiger partial charge in [-0.1, -0.05) is 6.42 Å². The molecule has 0 bridgehead atoms. The minimum Gasteiger partial charge on any atom is -0.469 e. The van der Waals surface area contributed by atoms with Gasteiger partial charge in [-0.15, -0.1) is 10.2 Å². The van der Waals surface area contributed by atoms with Crippen LogP contribution in [-0.2, 0) is 13.0 Å². The molecule has 0 radical (unpaired) electrons. The molecule has 2 aromatic heterocycles. The van der Waals surface area contributed by atoms with Crippen LogP contribution < -0.4 is 0 Å². The fourth-order valence-electron chi connectivity index (χ4n) is 3.96. The first-order valence-corrected chi connectivity index (χ1v) is 8.99. The number of nitrogens with zero attached hydrogens (tertiary/aromatic N) is 4. The summed E-state index contributed by atoms with van der Waals surface area (Å²) in [5.74, 6) is 3.25. The second kappa shape index (κ2) is 6.42. The van der Waals surface area contributed by atoms with Crippen molar-refractivity contribution in [2.45, 2.75) is 57.9 Å². The highest BCUT2D eigenvalue weighted by atomic mass is 16.3. The van der Waals surface area contributed by atoms with E-state index in [1.165, 1.54) is 19.3 Å². The predicted molar refractivity (Wildman–Crippen MR) is 88.9 cm³/mol. The Balaban J connectivity index is 1.54. The molecule has 0 saturated carbocycles. The zero-order valence-electron chi connectivity index (χ0n) is 14.2. The van der Waals surface area contributed by atoms with Crippen LogP contribution in [0, 0.1) is 6.92 Å². The number of aromatic nitrogens is 3. The minimum absolute atomic E-state index is 0.0709. The van der Waals surface area contributed by atoms with E-state index in [-0.39, 0.29) is 11.8 Å². The molecule has 1 atom stereocenters. The number of aryl methyl sites for hydroxylation is 2. The Morgan fingerprint density at radius 2 is 2.12 bits per heavy atom. The number of hydrogen-bond donors (Lipinski definition) is 0. The topological polar surface area (TPSA) is 64.2 Å². The van der Waals surface area contributed by atoms with Gasteiger partial charge in [-0.3, -0.25) is 4.79 Å². The Morgan fingerprint density at radius 1 is 1.21 bits per heavy atom. The quantitative estimate of drug-likeness (QED) is 0.850.